The fourth-order valence-corrected chi connectivity index (χ4v) is 2.08. The molecule has 1 unspecified atom stereocenters. The Morgan fingerprint density at radius 1 is 1.53 bits per heavy atom. The van der Waals surface area contributed by atoms with Crippen molar-refractivity contribution in [2.45, 2.75) is 24.1 Å². The molecule has 2 rings (SSSR count). The van der Waals surface area contributed by atoms with Gasteiger partial charge in [-0.2, -0.15) is 0 Å². The fourth-order valence-electron chi connectivity index (χ4n) is 1.60. The number of sulfonamides is 1. The molecule has 17 heavy (non-hydrogen) atoms. The Morgan fingerprint density at radius 3 is 2.82 bits per heavy atom. The summed E-state index contributed by atoms with van der Waals surface area (Å²) in [5.41, 5.74) is 0. The lowest BCUT2D eigenvalue weighted by Gasteiger charge is -2.07. The van der Waals surface area contributed by atoms with Gasteiger partial charge in [0.1, 0.15) is 5.76 Å². The summed E-state index contributed by atoms with van der Waals surface area (Å²) in [6, 6.07) is 2.90. The molecule has 0 bridgehead atoms. The molecule has 0 spiro atoms. The highest BCUT2D eigenvalue weighted by Crippen LogP contribution is 2.12. The molecule has 4 N–H and O–H groups in total. The third kappa shape index (κ3) is 3.05. The number of carbonyl (C=O) groups is 1. The van der Waals surface area contributed by atoms with Crippen LogP contribution in [0.25, 0.3) is 0 Å². The highest BCUT2D eigenvalue weighted by Gasteiger charge is 2.21. The summed E-state index contributed by atoms with van der Waals surface area (Å²) in [6.07, 6.45) is 0.419. The zero-order chi connectivity index (χ0) is 12.5. The molecular formula is C9H13N3O4S. The van der Waals surface area contributed by atoms with Gasteiger partial charge in [-0.25, -0.2) is 13.6 Å². The van der Waals surface area contributed by atoms with Crippen LogP contribution in [0, 0.1) is 0 Å². The molecule has 0 aliphatic carbocycles. The van der Waals surface area contributed by atoms with Gasteiger partial charge in [0, 0.05) is 19.0 Å². The molecule has 0 saturated carbocycles. The lowest BCUT2D eigenvalue weighted by molar-refractivity contribution is -0.119. The lowest BCUT2D eigenvalue weighted by atomic mass is 10.2. The number of rotatable bonds is 4. The lowest BCUT2D eigenvalue weighted by Crippen LogP contribution is -2.30. The van der Waals surface area contributed by atoms with E-state index in [1.165, 1.54) is 12.1 Å². The average molecular weight is 259 g/mol. The Kier molecular flexibility index (Phi) is 3.18. The van der Waals surface area contributed by atoms with E-state index in [0.29, 0.717) is 25.3 Å². The average Bonchev–Trinajstić information content (AvgIpc) is 2.82. The van der Waals surface area contributed by atoms with Gasteiger partial charge >= 0.3 is 0 Å². The van der Waals surface area contributed by atoms with E-state index in [1.807, 2.05) is 0 Å². The molecule has 0 radical (unpaired) electrons. The second-order valence-corrected chi connectivity index (χ2v) is 5.34. The first-order valence-corrected chi connectivity index (χ1v) is 6.61. The number of furan rings is 1. The molecule has 1 aromatic rings. The third-order valence-corrected chi connectivity index (χ3v) is 3.24. The second kappa shape index (κ2) is 4.47. The van der Waals surface area contributed by atoms with Crippen LogP contribution in [-0.4, -0.2) is 26.9 Å². The number of amides is 1. The number of nitrogens with one attached hydrogen (secondary N) is 2. The maximum atomic E-state index is 11.0. The molecule has 7 nitrogen and oxygen atoms in total. The fraction of sp³-hybridized carbons (Fsp3) is 0.444. The van der Waals surface area contributed by atoms with Crippen molar-refractivity contribution in [2.24, 2.45) is 5.14 Å². The normalized spacial score (nSPS) is 20.5. The minimum absolute atomic E-state index is 0.00664. The van der Waals surface area contributed by atoms with E-state index in [1.54, 1.807) is 0 Å². The molecular weight excluding hydrogens is 246 g/mol. The molecule has 1 aliphatic rings. The van der Waals surface area contributed by atoms with Gasteiger partial charge in [-0.15, -0.1) is 0 Å². The number of primary sulfonamides is 1. The molecule has 0 aromatic carbocycles. The highest BCUT2D eigenvalue weighted by molar-refractivity contribution is 7.89. The van der Waals surface area contributed by atoms with Gasteiger partial charge in [0.05, 0.1) is 6.54 Å². The van der Waals surface area contributed by atoms with E-state index in [4.69, 9.17) is 9.56 Å². The summed E-state index contributed by atoms with van der Waals surface area (Å²) < 4.78 is 27.0. The van der Waals surface area contributed by atoms with Gasteiger partial charge < -0.3 is 15.1 Å². The molecule has 1 saturated heterocycles. The largest absolute Gasteiger partial charge is 0.447 e. The van der Waals surface area contributed by atoms with Crippen molar-refractivity contribution in [2.75, 3.05) is 6.54 Å². The van der Waals surface area contributed by atoms with E-state index < -0.39 is 10.0 Å². The molecule has 1 aromatic heterocycles. The van der Waals surface area contributed by atoms with Crippen LogP contribution >= 0.6 is 0 Å². The van der Waals surface area contributed by atoms with Gasteiger partial charge in [0.15, 0.2) is 0 Å². The number of nitrogens with two attached hydrogens (primary N) is 1. The minimum atomic E-state index is -3.79. The van der Waals surface area contributed by atoms with Crippen molar-refractivity contribution in [3.63, 3.8) is 0 Å². The molecule has 1 amide bonds. The molecule has 2 heterocycles. The van der Waals surface area contributed by atoms with Gasteiger partial charge in [-0.3, -0.25) is 4.79 Å². The molecule has 1 fully saturated rings. The van der Waals surface area contributed by atoms with E-state index in [2.05, 4.69) is 10.6 Å². The van der Waals surface area contributed by atoms with Crippen LogP contribution in [-0.2, 0) is 21.4 Å². The van der Waals surface area contributed by atoms with Gasteiger partial charge in [-0.1, -0.05) is 0 Å². The van der Waals surface area contributed by atoms with Crippen LogP contribution in [0.4, 0.5) is 0 Å². The first-order chi connectivity index (χ1) is 7.95. The quantitative estimate of drug-likeness (QED) is 0.635. The van der Waals surface area contributed by atoms with E-state index in [-0.39, 0.29) is 17.0 Å². The Labute approximate surface area is 98.4 Å². The van der Waals surface area contributed by atoms with Crippen molar-refractivity contribution in [1.82, 2.24) is 10.6 Å². The van der Waals surface area contributed by atoms with Gasteiger partial charge in [-0.05, 0) is 12.1 Å². The maximum absolute atomic E-state index is 11.0. The third-order valence-electron chi connectivity index (χ3n) is 2.46. The Balaban J connectivity index is 1.92. The number of carbonyl (C=O) groups excluding carboxylic acids is 1. The summed E-state index contributed by atoms with van der Waals surface area (Å²) in [5, 5.41) is 10.4. The van der Waals surface area contributed by atoms with Crippen molar-refractivity contribution in [1.29, 1.82) is 0 Å². The maximum Gasteiger partial charge on any atom is 0.271 e. The van der Waals surface area contributed by atoms with Crippen molar-refractivity contribution >= 4 is 15.9 Å². The van der Waals surface area contributed by atoms with Gasteiger partial charge in [0.25, 0.3) is 10.0 Å². The van der Waals surface area contributed by atoms with Crippen LogP contribution in [0.1, 0.15) is 12.2 Å². The topological polar surface area (TPSA) is 114 Å². The minimum Gasteiger partial charge on any atom is -0.447 e. The molecule has 8 heteroatoms. The highest BCUT2D eigenvalue weighted by atomic mass is 32.2. The molecule has 1 aliphatic heterocycles. The number of hydrogen-bond acceptors (Lipinski definition) is 5. The van der Waals surface area contributed by atoms with E-state index >= 15 is 0 Å². The summed E-state index contributed by atoms with van der Waals surface area (Å²) in [7, 11) is -3.79. The Hall–Kier alpha value is -1.38. The number of hydrogen-bond donors (Lipinski definition) is 3. The van der Waals surface area contributed by atoms with Gasteiger partial charge in [0.2, 0.25) is 11.0 Å². The van der Waals surface area contributed by atoms with Crippen molar-refractivity contribution in [3.8, 4) is 0 Å². The Morgan fingerprint density at radius 2 is 2.29 bits per heavy atom. The van der Waals surface area contributed by atoms with Crippen molar-refractivity contribution < 1.29 is 17.6 Å². The SMILES string of the molecule is NS(=O)(=O)c1ccc(CNC2CNC(=O)C2)o1. The predicted molar refractivity (Wildman–Crippen MR) is 58.3 cm³/mol. The summed E-state index contributed by atoms with van der Waals surface area (Å²) >= 11 is 0. The zero-order valence-corrected chi connectivity index (χ0v) is 9.79. The smallest absolute Gasteiger partial charge is 0.271 e. The summed E-state index contributed by atoms with van der Waals surface area (Å²) in [5.74, 6) is 0.473. The summed E-state index contributed by atoms with van der Waals surface area (Å²) in [6.45, 7) is 0.927. The monoisotopic (exact) mass is 259 g/mol. The predicted octanol–water partition coefficient (Wildman–Crippen LogP) is -1.09. The standard InChI is InChI=1S/C9H13N3O4S/c10-17(14,15)9-2-1-7(16-9)5-11-6-3-8(13)12-4-6/h1-2,6,11H,3-5H2,(H,12,13)(H2,10,14,15). The summed E-state index contributed by atoms with van der Waals surface area (Å²) in [4.78, 5) is 10.9. The zero-order valence-electron chi connectivity index (χ0n) is 8.97. The van der Waals surface area contributed by atoms with Crippen LogP contribution in [0.2, 0.25) is 0 Å². The first-order valence-electron chi connectivity index (χ1n) is 5.07. The van der Waals surface area contributed by atoms with Crippen LogP contribution in [0.3, 0.4) is 0 Å². The molecule has 94 valence electrons. The molecule has 1 atom stereocenters. The van der Waals surface area contributed by atoms with Crippen molar-refractivity contribution in [3.05, 3.63) is 17.9 Å². The second-order valence-electron chi connectivity index (χ2n) is 3.85. The van der Waals surface area contributed by atoms with Crippen LogP contribution < -0.4 is 15.8 Å². The first kappa shape index (κ1) is 12.1. The van der Waals surface area contributed by atoms with E-state index in [9.17, 15) is 13.2 Å². The Bertz CT molecular complexity index is 522. The van der Waals surface area contributed by atoms with E-state index in [0.717, 1.165) is 0 Å². The van der Waals surface area contributed by atoms with Crippen LogP contribution in [0.15, 0.2) is 21.6 Å². The van der Waals surface area contributed by atoms with Crippen LogP contribution in [0.5, 0.6) is 0 Å².